The number of carbonyl (C=O) groups excluding carboxylic acids is 1. The molecule has 1 fully saturated rings. The monoisotopic (exact) mass is 569 g/mol. The number of nitrogens with one attached hydrogen (secondary N) is 2. The maximum absolute atomic E-state index is 12.0. The molecule has 0 saturated carbocycles. The zero-order valence-electron chi connectivity index (χ0n) is 21.9. The first kappa shape index (κ1) is 26.9. The molecule has 4 heterocycles. The van der Waals surface area contributed by atoms with Crippen LogP contribution >= 0.6 is 23.2 Å². The molecule has 0 atom stereocenters. The second kappa shape index (κ2) is 11.2. The summed E-state index contributed by atoms with van der Waals surface area (Å²) >= 11 is 12.1. The predicted octanol–water partition coefficient (Wildman–Crippen LogP) is 4.57. The van der Waals surface area contributed by atoms with Crippen molar-refractivity contribution in [1.29, 1.82) is 0 Å². The van der Waals surface area contributed by atoms with Crippen LogP contribution < -0.4 is 10.2 Å². The summed E-state index contributed by atoms with van der Waals surface area (Å²) in [6.45, 7) is 7.65. The lowest BCUT2D eigenvalue weighted by atomic mass is 9.97. The molecule has 11 nitrogen and oxygen atoms in total. The van der Waals surface area contributed by atoms with Crippen LogP contribution in [0.3, 0.4) is 0 Å². The van der Waals surface area contributed by atoms with Crippen LogP contribution in [0.25, 0.3) is 11.3 Å². The number of halogens is 2. The highest BCUT2D eigenvalue weighted by molar-refractivity contribution is 6.34. The van der Waals surface area contributed by atoms with Crippen molar-refractivity contribution < 1.29 is 9.53 Å². The van der Waals surface area contributed by atoms with Crippen LogP contribution in [0.4, 0.5) is 11.9 Å². The summed E-state index contributed by atoms with van der Waals surface area (Å²) in [5.41, 5.74) is 3.02. The molecule has 1 aliphatic heterocycles. The van der Waals surface area contributed by atoms with E-state index in [-0.39, 0.29) is 18.6 Å². The minimum atomic E-state index is -0.557. The summed E-state index contributed by atoms with van der Waals surface area (Å²) < 4.78 is 6.84. The normalized spacial score (nSPS) is 13.8. The zero-order chi connectivity index (χ0) is 27.6. The van der Waals surface area contributed by atoms with E-state index in [1.165, 1.54) is 4.68 Å². The molecule has 1 aromatic carbocycles. The summed E-state index contributed by atoms with van der Waals surface area (Å²) in [5, 5.41) is 12.8. The topological polar surface area (TPSA) is 127 Å². The van der Waals surface area contributed by atoms with E-state index < -0.39 is 5.41 Å². The number of nitrogens with zero attached hydrogens (tertiary/aromatic N) is 7. The van der Waals surface area contributed by atoms with E-state index in [4.69, 9.17) is 27.9 Å². The highest BCUT2D eigenvalue weighted by Crippen LogP contribution is 2.30. The van der Waals surface area contributed by atoms with Crippen molar-refractivity contribution >= 4 is 41.1 Å². The number of anilines is 2. The molecule has 0 bridgehead atoms. The Kier molecular flexibility index (Phi) is 7.72. The molecule has 2 N–H and O–H groups in total. The van der Waals surface area contributed by atoms with Gasteiger partial charge in [0.25, 0.3) is 0 Å². The van der Waals surface area contributed by atoms with Crippen molar-refractivity contribution in [2.45, 2.75) is 39.8 Å². The molecule has 5 rings (SSSR count). The molecule has 0 radical (unpaired) electrons. The van der Waals surface area contributed by atoms with Crippen LogP contribution in [0.2, 0.25) is 10.0 Å². The Morgan fingerprint density at radius 1 is 1.10 bits per heavy atom. The predicted molar refractivity (Wildman–Crippen MR) is 149 cm³/mol. The lowest BCUT2D eigenvalue weighted by Crippen LogP contribution is -2.45. The van der Waals surface area contributed by atoms with E-state index in [1.54, 1.807) is 24.7 Å². The third kappa shape index (κ3) is 6.66. The van der Waals surface area contributed by atoms with Crippen LogP contribution in [0.5, 0.6) is 0 Å². The Balaban J connectivity index is 1.09. The molecule has 204 valence electrons. The number of hydrogen-bond donors (Lipinski definition) is 2. The van der Waals surface area contributed by atoms with Crippen LogP contribution in [0.15, 0.2) is 43.0 Å². The molecule has 13 heteroatoms. The van der Waals surface area contributed by atoms with Gasteiger partial charge in [0.05, 0.1) is 29.2 Å². The van der Waals surface area contributed by atoms with E-state index in [0.29, 0.717) is 22.5 Å². The average molecular weight is 570 g/mol. The van der Waals surface area contributed by atoms with Gasteiger partial charge in [-0.1, -0.05) is 28.4 Å². The fourth-order valence-corrected chi connectivity index (χ4v) is 4.57. The molecule has 1 saturated heterocycles. The Hall–Kier alpha value is -3.70. The number of hydrogen-bond acceptors (Lipinski definition) is 9. The number of aromatic amines is 1. The van der Waals surface area contributed by atoms with E-state index in [1.807, 2.05) is 39.1 Å². The maximum atomic E-state index is 12.0. The number of ether oxygens (including phenoxy) is 1. The molecule has 0 amide bonds. The highest BCUT2D eigenvalue weighted by atomic mass is 35.5. The fraction of sp³-hybridized carbons (Fsp3) is 0.385. The van der Waals surface area contributed by atoms with Crippen molar-refractivity contribution in [3.63, 3.8) is 0 Å². The molecule has 1 aliphatic rings. The first-order valence-corrected chi connectivity index (χ1v) is 13.3. The molecular weight excluding hydrogens is 541 g/mol. The summed E-state index contributed by atoms with van der Waals surface area (Å²) in [7, 11) is 0. The number of aromatic nitrogens is 7. The SMILES string of the molecule is CC(C)(C)C(=O)OCn1cc(C2CN(c3ncc(-c4cnc(NCCc5cc(Cl)cc(Cl)c5)nc4)[nH]3)C2)nn1. The van der Waals surface area contributed by atoms with Gasteiger partial charge in [-0.15, -0.1) is 5.10 Å². The van der Waals surface area contributed by atoms with E-state index in [0.717, 1.165) is 48.0 Å². The largest absolute Gasteiger partial charge is 0.442 e. The van der Waals surface area contributed by atoms with Gasteiger partial charge in [0.1, 0.15) is 0 Å². The smallest absolute Gasteiger partial charge is 0.313 e. The standard InChI is InChI=1S/C26H29Cl2N9O2/c1-26(2,3)23(38)39-15-37-14-22(34-35-37)18-12-36(13-18)25-32-11-21(33-25)17-9-30-24(31-10-17)29-5-4-16-6-19(27)8-20(28)7-16/h6-11,14,18H,4-5,12-13,15H2,1-3H3,(H,32,33)(H,29,30,31). The number of H-pyrrole nitrogens is 1. The third-order valence-corrected chi connectivity index (χ3v) is 6.68. The Morgan fingerprint density at radius 3 is 2.51 bits per heavy atom. The summed E-state index contributed by atoms with van der Waals surface area (Å²) in [6.07, 6.45) is 7.85. The maximum Gasteiger partial charge on any atom is 0.313 e. The first-order chi connectivity index (χ1) is 18.6. The van der Waals surface area contributed by atoms with Crippen molar-refractivity contribution in [3.05, 3.63) is 64.3 Å². The van der Waals surface area contributed by atoms with Crippen LogP contribution in [0, 0.1) is 5.41 Å². The Labute approximate surface area is 235 Å². The van der Waals surface area contributed by atoms with Gasteiger partial charge in [0.2, 0.25) is 11.9 Å². The van der Waals surface area contributed by atoms with E-state index in [9.17, 15) is 4.79 Å². The number of esters is 1. The van der Waals surface area contributed by atoms with Gasteiger partial charge in [-0.2, -0.15) is 0 Å². The van der Waals surface area contributed by atoms with Gasteiger partial charge in [-0.25, -0.2) is 19.6 Å². The lowest BCUT2D eigenvalue weighted by molar-refractivity contribution is -0.157. The number of imidazole rings is 1. The molecule has 4 aromatic rings. The Bertz CT molecular complexity index is 1420. The second-order valence-electron chi connectivity index (χ2n) is 10.5. The summed E-state index contributed by atoms with van der Waals surface area (Å²) in [6, 6.07) is 5.50. The van der Waals surface area contributed by atoms with Gasteiger partial charge in [-0.3, -0.25) is 4.79 Å². The summed E-state index contributed by atoms with van der Waals surface area (Å²) in [5.74, 6) is 1.26. The van der Waals surface area contributed by atoms with Gasteiger partial charge >= 0.3 is 5.97 Å². The number of benzene rings is 1. The zero-order valence-corrected chi connectivity index (χ0v) is 23.4. The van der Waals surface area contributed by atoms with E-state index >= 15 is 0 Å². The molecule has 0 aliphatic carbocycles. The van der Waals surface area contributed by atoms with Crippen LogP contribution in [0.1, 0.15) is 37.9 Å². The van der Waals surface area contributed by atoms with E-state index in [2.05, 4.69) is 40.5 Å². The minimum Gasteiger partial charge on any atom is -0.442 e. The minimum absolute atomic E-state index is 0.0498. The molecule has 0 unspecified atom stereocenters. The number of carbonyl (C=O) groups is 1. The molecule has 0 spiro atoms. The summed E-state index contributed by atoms with van der Waals surface area (Å²) in [4.78, 5) is 30.8. The Morgan fingerprint density at radius 2 is 1.82 bits per heavy atom. The van der Waals surface area contributed by atoms with Crippen LogP contribution in [-0.2, 0) is 22.7 Å². The van der Waals surface area contributed by atoms with Gasteiger partial charge in [-0.05, 0) is 51.0 Å². The van der Waals surface area contributed by atoms with Crippen molar-refractivity contribution in [2.24, 2.45) is 5.41 Å². The van der Waals surface area contributed by atoms with Gasteiger partial charge < -0.3 is 19.9 Å². The lowest BCUT2D eigenvalue weighted by Gasteiger charge is -2.37. The quantitative estimate of drug-likeness (QED) is 0.278. The van der Waals surface area contributed by atoms with Gasteiger partial charge in [0.15, 0.2) is 6.73 Å². The third-order valence-electron chi connectivity index (χ3n) is 6.24. The first-order valence-electron chi connectivity index (χ1n) is 12.5. The van der Waals surface area contributed by atoms with Crippen molar-refractivity contribution in [1.82, 2.24) is 34.9 Å². The molecule has 3 aromatic heterocycles. The van der Waals surface area contributed by atoms with Crippen molar-refractivity contribution in [3.8, 4) is 11.3 Å². The van der Waals surface area contributed by atoms with Crippen molar-refractivity contribution in [2.75, 3.05) is 29.9 Å². The molecule has 39 heavy (non-hydrogen) atoms. The molecular formula is C26H29Cl2N9O2. The highest BCUT2D eigenvalue weighted by Gasteiger charge is 2.32. The number of rotatable bonds is 9. The van der Waals surface area contributed by atoms with Crippen LogP contribution in [-0.4, -0.2) is 60.5 Å². The second-order valence-corrected chi connectivity index (χ2v) is 11.3. The fourth-order valence-electron chi connectivity index (χ4n) is 3.99. The van der Waals surface area contributed by atoms with Gasteiger partial charge in [0, 0.05) is 53.6 Å². The average Bonchev–Trinajstić information content (AvgIpc) is 3.51.